The molecule has 2 aromatic carbocycles. The Kier molecular flexibility index (Phi) is 8.73. The summed E-state index contributed by atoms with van der Waals surface area (Å²) in [6, 6.07) is 11.3. The lowest BCUT2D eigenvalue weighted by Gasteiger charge is -2.24. The molecule has 32 heavy (non-hydrogen) atoms. The van der Waals surface area contributed by atoms with Gasteiger partial charge >= 0.3 is 0 Å². The third-order valence-electron chi connectivity index (χ3n) is 5.63. The number of benzene rings is 2. The Bertz CT molecular complexity index is 1050. The van der Waals surface area contributed by atoms with Gasteiger partial charge in [-0.2, -0.15) is 0 Å². The van der Waals surface area contributed by atoms with Gasteiger partial charge in [0.05, 0.1) is 25.1 Å². The normalized spacial score (nSPS) is 12.5. The van der Waals surface area contributed by atoms with Crippen LogP contribution in [-0.4, -0.2) is 34.2 Å². The van der Waals surface area contributed by atoms with Crippen molar-refractivity contribution < 1.29 is 17.9 Å². The van der Waals surface area contributed by atoms with Crippen LogP contribution in [0.25, 0.3) is 0 Å². The Hall–Kier alpha value is -2.54. The van der Waals surface area contributed by atoms with Crippen LogP contribution in [0.1, 0.15) is 67.8 Å². The summed E-state index contributed by atoms with van der Waals surface area (Å²) in [5.41, 5.74) is 4.75. The molecule has 0 unspecified atom stereocenters. The second-order valence-corrected chi connectivity index (χ2v) is 10.5. The minimum Gasteiger partial charge on any atom is -0.496 e. The van der Waals surface area contributed by atoms with Crippen molar-refractivity contribution in [3.63, 3.8) is 0 Å². The zero-order chi connectivity index (χ0) is 24.1. The quantitative estimate of drug-likeness (QED) is 0.549. The van der Waals surface area contributed by atoms with Crippen LogP contribution in [0, 0.1) is 13.8 Å². The molecule has 2 aromatic rings. The smallest absolute Gasteiger partial charge is 0.232 e. The van der Waals surface area contributed by atoms with Gasteiger partial charge in [-0.3, -0.25) is 9.10 Å². The number of anilines is 1. The van der Waals surface area contributed by atoms with E-state index in [0.29, 0.717) is 18.0 Å². The molecular formula is C25H36N2O4S. The van der Waals surface area contributed by atoms with Crippen molar-refractivity contribution in [2.24, 2.45) is 0 Å². The van der Waals surface area contributed by atoms with Crippen LogP contribution in [0.5, 0.6) is 5.75 Å². The second kappa shape index (κ2) is 10.9. The molecule has 1 N–H and O–H groups in total. The molecule has 0 heterocycles. The van der Waals surface area contributed by atoms with Crippen molar-refractivity contribution in [2.45, 2.75) is 59.4 Å². The highest BCUT2D eigenvalue weighted by Crippen LogP contribution is 2.32. The van der Waals surface area contributed by atoms with Gasteiger partial charge in [-0.25, -0.2) is 8.42 Å². The van der Waals surface area contributed by atoms with Crippen molar-refractivity contribution >= 4 is 21.6 Å². The highest BCUT2D eigenvalue weighted by molar-refractivity contribution is 7.92. The third kappa shape index (κ3) is 6.48. The Morgan fingerprint density at radius 3 is 2.28 bits per heavy atom. The molecule has 6 nitrogen and oxygen atoms in total. The van der Waals surface area contributed by atoms with Crippen LogP contribution >= 0.6 is 0 Å². The lowest BCUT2D eigenvalue weighted by Crippen LogP contribution is -2.33. The van der Waals surface area contributed by atoms with E-state index in [1.807, 2.05) is 45.0 Å². The lowest BCUT2D eigenvalue weighted by atomic mass is 9.93. The number of carbonyl (C=O) groups excluding carboxylic acids is 1. The van der Waals surface area contributed by atoms with Crippen molar-refractivity contribution in [2.75, 3.05) is 24.2 Å². The number of para-hydroxylation sites is 1. The summed E-state index contributed by atoms with van der Waals surface area (Å²) in [5, 5.41) is 3.06. The summed E-state index contributed by atoms with van der Waals surface area (Å²) in [7, 11) is -1.77. The highest BCUT2D eigenvalue weighted by Gasteiger charge is 2.20. The number of nitrogens with zero attached hydrogens (tertiary/aromatic N) is 1. The molecule has 0 aliphatic rings. The molecule has 0 aliphatic carbocycles. The first kappa shape index (κ1) is 25.7. The predicted octanol–water partition coefficient (Wildman–Crippen LogP) is 4.86. The van der Waals surface area contributed by atoms with Crippen molar-refractivity contribution in [1.82, 2.24) is 5.32 Å². The van der Waals surface area contributed by atoms with Crippen molar-refractivity contribution in [3.8, 4) is 5.75 Å². The van der Waals surface area contributed by atoms with E-state index >= 15 is 0 Å². The second-order valence-electron chi connectivity index (χ2n) is 8.62. The monoisotopic (exact) mass is 460 g/mol. The number of amides is 1. The molecule has 0 saturated carbocycles. The van der Waals surface area contributed by atoms with Crippen LogP contribution in [0.15, 0.2) is 36.4 Å². The summed E-state index contributed by atoms with van der Waals surface area (Å²) < 4.78 is 31.5. The van der Waals surface area contributed by atoms with Gasteiger partial charge in [0.15, 0.2) is 0 Å². The van der Waals surface area contributed by atoms with Crippen LogP contribution < -0.4 is 14.4 Å². The first-order valence-corrected chi connectivity index (χ1v) is 12.8. The van der Waals surface area contributed by atoms with E-state index in [-0.39, 0.29) is 24.9 Å². The van der Waals surface area contributed by atoms with Crippen LogP contribution in [-0.2, 0) is 14.8 Å². The van der Waals surface area contributed by atoms with Gasteiger partial charge in [-0.1, -0.05) is 32.0 Å². The van der Waals surface area contributed by atoms with E-state index in [4.69, 9.17) is 4.74 Å². The molecular weight excluding hydrogens is 424 g/mol. The summed E-state index contributed by atoms with van der Waals surface area (Å²) in [5.74, 6) is 1.06. The Morgan fingerprint density at radius 2 is 1.72 bits per heavy atom. The van der Waals surface area contributed by atoms with E-state index in [0.717, 1.165) is 28.0 Å². The molecule has 0 bridgehead atoms. The molecule has 0 spiro atoms. The first-order chi connectivity index (χ1) is 15.0. The number of nitrogens with one attached hydrogen (secondary N) is 1. The average molecular weight is 461 g/mol. The average Bonchev–Trinajstić information content (AvgIpc) is 2.70. The largest absolute Gasteiger partial charge is 0.496 e. The number of aryl methyl sites for hydroxylation is 2. The standard InChI is InChI=1S/C25H36N2O4S/c1-17(2)21-16-22(19(4)15-24(21)31-6)20(5)26-25(28)13-10-14-27(32(7,29)30)23-12-9-8-11-18(23)3/h8-9,11-12,15-17,20H,10,13-14H2,1-7H3,(H,26,28)/t20-/m1/s1. The van der Waals surface area contributed by atoms with Gasteiger partial charge in [-0.15, -0.1) is 0 Å². The molecule has 0 aromatic heterocycles. The zero-order valence-corrected chi connectivity index (χ0v) is 21.0. The number of hydrogen-bond acceptors (Lipinski definition) is 4. The summed E-state index contributed by atoms with van der Waals surface area (Å²) in [4.78, 5) is 12.6. The molecule has 2 rings (SSSR count). The van der Waals surface area contributed by atoms with Crippen LogP contribution in [0.2, 0.25) is 0 Å². The minimum atomic E-state index is -3.44. The molecule has 1 amide bonds. The lowest BCUT2D eigenvalue weighted by molar-refractivity contribution is -0.121. The predicted molar refractivity (Wildman–Crippen MR) is 131 cm³/mol. The van der Waals surface area contributed by atoms with E-state index in [1.165, 1.54) is 10.6 Å². The third-order valence-corrected chi connectivity index (χ3v) is 6.81. The molecule has 0 radical (unpaired) electrons. The molecule has 176 valence electrons. The van der Waals surface area contributed by atoms with Crippen molar-refractivity contribution in [3.05, 3.63) is 58.7 Å². The van der Waals surface area contributed by atoms with Gasteiger partial charge in [0.25, 0.3) is 0 Å². The summed E-state index contributed by atoms with van der Waals surface area (Å²) in [6.07, 6.45) is 1.87. The molecule has 7 heteroatoms. The van der Waals surface area contributed by atoms with E-state index in [2.05, 4.69) is 25.2 Å². The zero-order valence-electron chi connectivity index (χ0n) is 20.2. The van der Waals surface area contributed by atoms with E-state index in [1.54, 1.807) is 13.2 Å². The number of ether oxygens (including phenoxy) is 1. The molecule has 0 fully saturated rings. The Morgan fingerprint density at radius 1 is 1.06 bits per heavy atom. The van der Waals surface area contributed by atoms with Crippen molar-refractivity contribution in [1.29, 1.82) is 0 Å². The maximum Gasteiger partial charge on any atom is 0.232 e. The number of hydrogen-bond donors (Lipinski definition) is 1. The Labute approximate surface area is 193 Å². The number of sulfonamides is 1. The number of methoxy groups -OCH3 is 1. The van der Waals surface area contributed by atoms with E-state index < -0.39 is 10.0 Å². The fourth-order valence-electron chi connectivity index (χ4n) is 3.89. The van der Waals surface area contributed by atoms with Crippen LogP contribution in [0.3, 0.4) is 0 Å². The maximum absolute atomic E-state index is 12.6. The fraction of sp³-hybridized carbons (Fsp3) is 0.480. The van der Waals surface area contributed by atoms with Gasteiger partial charge in [0, 0.05) is 13.0 Å². The number of carbonyl (C=O) groups is 1. The summed E-state index contributed by atoms with van der Waals surface area (Å²) in [6.45, 7) is 10.3. The Balaban J connectivity index is 2.05. The number of rotatable bonds is 10. The highest BCUT2D eigenvalue weighted by atomic mass is 32.2. The molecule has 1 atom stereocenters. The van der Waals surface area contributed by atoms with E-state index in [9.17, 15) is 13.2 Å². The molecule has 0 aliphatic heterocycles. The first-order valence-electron chi connectivity index (χ1n) is 11.0. The SMILES string of the molecule is COc1cc(C)c([C@@H](C)NC(=O)CCCN(c2ccccc2C)S(C)(=O)=O)cc1C(C)C. The summed E-state index contributed by atoms with van der Waals surface area (Å²) >= 11 is 0. The minimum absolute atomic E-state index is 0.1000. The van der Waals surface area contributed by atoms with Gasteiger partial charge in [0.1, 0.15) is 5.75 Å². The van der Waals surface area contributed by atoms with Crippen LogP contribution in [0.4, 0.5) is 5.69 Å². The topological polar surface area (TPSA) is 75.7 Å². The molecule has 0 saturated heterocycles. The van der Waals surface area contributed by atoms with Gasteiger partial charge in [-0.05, 0) is 73.6 Å². The fourth-order valence-corrected chi connectivity index (χ4v) is 4.92. The van der Waals surface area contributed by atoms with Gasteiger partial charge in [0.2, 0.25) is 15.9 Å². The maximum atomic E-state index is 12.6. The van der Waals surface area contributed by atoms with Gasteiger partial charge < -0.3 is 10.1 Å².